The highest BCUT2D eigenvalue weighted by Crippen LogP contribution is 2.23. The molecular weight excluding hydrogens is 347 g/mol. The van der Waals surface area contributed by atoms with Gasteiger partial charge in [0.2, 0.25) is 15.9 Å². The maximum atomic E-state index is 12.8. The number of benzene rings is 1. The third kappa shape index (κ3) is 6.37. The first-order chi connectivity index (χ1) is 11.8. The van der Waals surface area contributed by atoms with E-state index in [1.54, 1.807) is 0 Å². The van der Waals surface area contributed by atoms with Gasteiger partial charge in [-0.25, -0.2) is 17.5 Å². The second-order valence-electron chi connectivity index (χ2n) is 6.50. The lowest BCUT2D eigenvalue weighted by Crippen LogP contribution is -2.38. The largest absolute Gasteiger partial charge is 0.376 e. The molecule has 8 heteroatoms. The highest BCUT2D eigenvalue weighted by atomic mass is 32.2. The van der Waals surface area contributed by atoms with Crippen LogP contribution in [0.2, 0.25) is 0 Å². The van der Waals surface area contributed by atoms with Crippen molar-refractivity contribution >= 4 is 15.9 Å². The lowest BCUT2D eigenvalue weighted by atomic mass is 9.92. The molecule has 1 saturated heterocycles. The van der Waals surface area contributed by atoms with Crippen molar-refractivity contribution in [2.45, 2.75) is 50.2 Å². The fourth-order valence-corrected chi connectivity index (χ4v) is 4.08. The number of hydrogen-bond donors (Lipinski definition) is 2. The number of sulfonamides is 1. The molecular formula is C17H25FN2O4S. The van der Waals surface area contributed by atoms with Gasteiger partial charge in [0.1, 0.15) is 5.82 Å². The lowest BCUT2D eigenvalue weighted by molar-refractivity contribution is -0.121. The molecule has 1 fully saturated rings. The van der Waals surface area contributed by atoms with Crippen LogP contribution in [0.25, 0.3) is 0 Å². The van der Waals surface area contributed by atoms with Crippen LogP contribution in [-0.4, -0.2) is 39.6 Å². The van der Waals surface area contributed by atoms with Gasteiger partial charge in [0, 0.05) is 19.5 Å². The molecule has 25 heavy (non-hydrogen) atoms. The average molecular weight is 372 g/mol. The van der Waals surface area contributed by atoms with Gasteiger partial charge >= 0.3 is 0 Å². The van der Waals surface area contributed by atoms with Crippen molar-refractivity contribution in [3.63, 3.8) is 0 Å². The van der Waals surface area contributed by atoms with Crippen molar-refractivity contribution in [1.82, 2.24) is 10.0 Å². The Hall–Kier alpha value is -1.51. The van der Waals surface area contributed by atoms with Gasteiger partial charge in [-0.2, -0.15) is 0 Å². The molecule has 1 aromatic rings. The first-order valence-corrected chi connectivity index (χ1v) is 9.92. The van der Waals surface area contributed by atoms with E-state index in [1.807, 2.05) is 13.8 Å². The molecule has 1 heterocycles. The van der Waals surface area contributed by atoms with E-state index in [4.69, 9.17) is 4.74 Å². The van der Waals surface area contributed by atoms with Gasteiger partial charge in [0.15, 0.2) is 0 Å². The number of carbonyl (C=O) groups excluding carboxylic acids is 1. The Kier molecular flexibility index (Phi) is 6.92. The molecule has 0 aromatic heterocycles. The molecule has 0 aliphatic carbocycles. The second-order valence-corrected chi connectivity index (χ2v) is 8.27. The smallest absolute Gasteiger partial charge is 0.240 e. The Bertz CT molecular complexity index is 668. The summed E-state index contributed by atoms with van der Waals surface area (Å²) in [7, 11) is -3.74. The molecule has 0 unspecified atom stereocenters. The number of hydrogen-bond acceptors (Lipinski definition) is 4. The van der Waals surface area contributed by atoms with E-state index in [0.717, 1.165) is 25.0 Å². The van der Waals surface area contributed by atoms with E-state index < -0.39 is 15.8 Å². The summed E-state index contributed by atoms with van der Waals surface area (Å²) >= 11 is 0. The normalized spacial score (nSPS) is 24.0. The summed E-state index contributed by atoms with van der Waals surface area (Å²) in [6, 6.07) is 4.53. The van der Waals surface area contributed by atoms with Gasteiger partial charge in [-0.3, -0.25) is 4.79 Å². The summed E-state index contributed by atoms with van der Waals surface area (Å²) in [5, 5.41) is 2.85. The minimum atomic E-state index is -3.74. The third-order valence-corrected chi connectivity index (χ3v) is 5.63. The van der Waals surface area contributed by atoms with Crippen LogP contribution >= 0.6 is 0 Å². The first-order valence-electron chi connectivity index (χ1n) is 8.43. The van der Waals surface area contributed by atoms with Gasteiger partial charge in [-0.15, -0.1) is 0 Å². The first kappa shape index (κ1) is 19.8. The fourth-order valence-electron chi connectivity index (χ4n) is 3.05. The molecule has 1 amide bonds. The number of halogens is 1. The molecule has 6 nitrogen and oxygen atoms in total. The Morgan fingerprint density at radius 2 is 1.80 bits per heavy atom. The zero-order valence-corrected chi connectivity index (χ0v) is 15.3. The van der Waals surface area contributed by atoms with Crippen molar-refractivity contribution in [3.8, 4) is 0 Å². The molecule has 0 radical (unpaired) electrons. The summed E-state index contributed by atoms with van der Waals surface area (Å²) in [5.74, 6) is -0.331. The van der Waals surface area contributed by atoms with Gasteiger partial charge < -0.3 is 10.1 Å². The summed E-state index contributed by atoms with van der Waals surface area (Å²) < 4.78 is 44.9. The van der Waals surface area contributed by atoms with Crippen molar-refractivity contribution in [3.05, 3.63) is 30.1 Å². The maximum absolute atomic E-state index is 12.8. The molecule has 1 aromatic carbocycles. The van der Waals surface area contributed by atoms with E-state index in [0.29, 0.717) is 12.5 Å². The highest BCUT2D eigenvalue weighted by Gasteiger charge is 2.24. The predicted octanol–water partition coefficient (Wildman–Crippen LogP) is 1.81. The molecule has 0 bridgehead atoms. The van der Waals surface area contributed by atoms with Crippen molar-refractivity contribution < 1.29 is 22.3 Å². The molecule has 2 atom stereocenters. The molecule has 0 saturated carbocycles. The van der Waals surface area contributed by atoms with Crippen molar-refractivity contribution in [2.24, 2.45) is 5.92 Å². The summed E-state index contributed by atoms with van der Waals surface area (Å²) in [5.41, 5.74) is 0. The van der Waals surface area contributed by atoms with Crippen LogP contribution < -0.4 is 10.0 Å². The summed E-state index contributed by atoms with van der Waals surface area (Å²) in [4.78, 5) is 11.9. The topological polar surface area (TPSA) is 84.5 Å². The van der Waals surface area contributed by atoms with Crippen LogP contribution in [0, 0.1) is 11.7 Å². The van der Waals surface area contributed by atoms with E-state index in [2.05, 4.69) is 10.0 Å². The zero-order valence-electron chi connectivity index (χ0n) is 14.5. The Labute approximate surface area is 148 Å². The highest BCUT2D eigenvalue weighted by molar-refractivity contribution is 7.89. The quantitative estimate of drug-likeness (QED) is 0.765. The minimum Gasteiger partial charge on any atom is -0.376 e. The number of amides is 1. The SMILES string of the molecule is C[C@@H]1CC(CNC(=O)CCNS(=O)(=O)c2ccc(F)cc2)C[C@@H](C)O1. The number of nitrogens with one attached hydrogen (secondary N) is 2. The minimum absolute atomic E-state index is 0.00781. The lowest BCUT2D eigenvalue weighted by Gasteiger charge is -2.32. The molecule has 1 aliphatic heterocycles. The fraction of sp³-hybridized carbons (Fsp3) is 0.588. The molecule has 1 aliphatic rings. The van der Waals surface area contributed by atoms with Crippen LogP contribution in [0.1, 0.15) is 33.1 Å². The summed E-state index contributed by atoms with van der Waals surface area (Å²) in [6.45, 7) is 4.61. The number of rotatable bonds is 7. The van der Waals surface area contributed by atoms with Crippen LogP contribution in [0.5, 0.6) is 0 Å². The van der Waals surface area contributed by atoms with Gasteiger partial charge in [-0.05, 0) is 56.9 Å². The molecule has 2 rings (SSSR count). The van der Waals surface area contributed by atoms with E-state index in [1.165, 1.54) is 12.1 Å². The van der Waals surface area contributed by atoms with Crippen LogP contribution in [0.3, 0.4) is 0 Å². The third-order valence-electron chi connectivity index (χ3n) is 4.15. The molecule has 0 spiro atoms. The van der Waals surface area contributed by atoms with Gasteiger partial charge in [0.25, 0.3) is 0 Å². The average Bonchev–Trinajstić information content (AvgIpc) is 2.52. The zero-order chi connectivity index (χ0) is 18.4. The van der Waals surface area contributed by atoms with Gasteiger partial charge in [-0.1, -0.05) is 0 Å². The number of carbonyl (C=O) groups is 1. The van der Waals surface area contributed by atoms with E-state index in [-0.39, 0.29) is 36.0 Å². The van der Waals surface area contributed by atoms with E-state index >= 15 is 0 Å². The van der Waals surface area contributed by atoms with Crippen molar-refractivity contribution in [2.75, 3.05) is 13.1 Å². The second kappa shape index (κ2) is 8.73. The van der Waals surface area contributed by atoms with Gasteiger partial charge in [0.05, 0.1) is 17.1 Å². The maximum Gasteiger partial charge on any atom is 0.240 e. The van der Waals surface area contributed by atoms with Crippen LogP contribution in [0.15, 0.2) is 29.2 Å². The Morgan fingerprint density at radius 1 is 1.20 bits per heavy atom. The molecule has 140 valence electrons. The predicted molar refractivity (Wildman–Crippen MR) is 91.9 cm³/mol. The van der Waals surface area contributed by atoms with E-state index in [9.17, 15) is 17.6 Å². The number of ether oxygens (including phenoxy) is 1. The van der Waals surface area contributed by atoms with Crippen LogP contribution in [0.4, 0.5) is 4.39 Å². The Balaban J connectivity index is 1.72. The standard InChI is InChI=1S/C17H25FN2O4S/c1-12-9-14(10-13(2)24-12)11-19-17(21)7-8-20-25(22,23)16-5-3-15(18)4-6-16/h3-6,12-14,20H,7-11H2,1-2H3,(H,19,21)/t12-,13-/m1/s1. The van der Waals surface area contributed by atoms with Crippen molar-refractivity contribution in [1.29, 1.82) is 0 Å². The Morgan fingerprint density at radius 3 is 2.40 bits per heavy atom. The van der Waals surface area contributed by atoms with Crippen LogP contribution in [-0.2, 0) is 19.6 Å². The summed E-state index contributed by atoms with van der Waals surface area (Å²) in [6.07, 6.45) is 2.24. The molecule has 2 N–H and O–H groups in total. The monoisotopic (exact) mass is 372 g/mol.